The summed E-state index contributed by atoms with van der Waals surface area (Å²) in [7, 11) is 0. The molecule has 1 aliphatic rings. The van der Waals surface area contributed by atoms with Crippen molar-refractivity contribution in [2.24, 2.45) is 5.92 Å². The van der Waals surface area contributed by atoms with Gasteiger partial charge in [-0.15, -0.1) is 0 Å². The molecule has 1 N–H and O–H groups in total. The zero-order chi connectivity index (χ0) is 17.1. The Hall–Kier alpha value is -1.95. The molecule has 1 aromatic heterocycles. The molecule has 2 aromatic rings. The zero-order valence-corrected chi connectivity index (χ0v) is 14.7. The number of nitrogens with zero attached hydrogens (tertiary/aromatic N) is 2. The van der Waals surface area contributed by atoms with E-state index >= 15 is 0 Å². The third-order valence-corrected chi connectivity index (χ3v) is 4.21. The van der Waals surface area contributed by atoms with E-state index < -0.39 is 0 Å². The minimum Gasteiger partial charge on any atom is -0.449 e. The number of hydrogen-bond acceptors (Lipinski definition) is 5. The van der Waals surface area contributed by atoms with E-state index in [4.69, 9.17) is 20.8 Å². The molecule has 7 heteroatoms. The zero-order valence-electron chi connectivity index (χ0n) is 13.9. The number of aromatic nitrogens is 1. The largest absolute Gasteiger partial charge is 0.449 e. The molecule has 0 radical (unpaired) electrons. The van der Waals surface area contributed by atoms with Gasteiger partial charge < -0.3 is 19.4 Å². The minimum atomic E-state index is -0.335. The molecule has 0 unspecified atom stereocenters. The number of carbonyl (C=O) groups excluding carboxylic acids is 1. The lowest BCUT2D eigenvalue weighted by atomic mass is 10.1. The van der Waals surface area contributed by atoms with Crippen LogP contribution in [0.25, 0.3) is 11.1 Å². The number of ether oxygens (including phenoxy) is 1. The van der Waals surface area contributed by atoms with Crippen LogP contribution in [0, 0.1) is 5.92 Å². The molecule has 1 saturated heterocycles. The number of amides is 1. The molecule has 24 heavy (non-hydrogen) atoms. The van der Waals surface area contributed by atoms with Crippen LogP contribution in [0.5, 0.6) is 0 Å². The molecule has 6 nitrogen and oxygen atoms in total. The first-order chi connectivity index (χ1) is 11.5. The molecular formula is C17H22ClN3O3. The van der Waals surface area contributed by atoms with Gasteiger partial charge in [0, 0.05) is 24.2 Å². The Morgan fingerprint density at radius 2 is 2.21 bits per heavy atom. The summed E-state index contributed by atoms with van der Waals surface area (Å²) in [6.45, 7) is 6.01. The third kappa shape index (κ3) is 4.12. The summed E-state index contributed by atoms with van der Waals surface area (Å²) in [6.07, 6.45) is 1.32. The number of benzene rings is 1. The van der Waals surface area contributed by atoms with Crippen molar-refractivity contribution in [3.63, 3.8) is 0 Å². The van der Waals surface area contributed by atoms with Crippen LogP contribution in [0.4, 0.5) is 10.8 Å². The Bertz CT molecular complexity index is 708. The van der Waals surface area contributed by atoms with Gasteiger partial charge in [0.05, 0.1) is 6.61 Å². The van der Waals surface area contributed by atoms with E-state index in [0.717, 1.165) is 37.0 Å². The van der Waals surface area contributed by atoms with E-state index in [9.17, 15) is 4.79 Å². The molecule has 0 atom stereocenters. The number of nitrogens with one attached hydrogen (secondary N) is 1. The van der Waals surface area contributed by atoms with Crippen molar-refractivity contribution in [2.75, 3.05) is 24.6 Å². The second-order valence-corrected chi connectivity index (χ2v) is 6.94. The Labute approximate surface area is 146 Å². The average molecular weight is 352 g/mol. The SMILES string of the molecule is CC(C)COC(=O)NC1CCN(c2nc3cc(Cl)ccc3o2)CC1. The number of carbonyl (C=O) groups is 1. The van der Waals surface area contributed by atoms with Crippen LogP contribution in [0.15, 0.2) is 22.6 Å². The first-order valence-electron chi connectivity index (χ1n) is 8.25. The summed E-state index contributed by atoms with van der Waals surface area (Å²) in [4.78, 5) is 18.3. The van der Waals surface area contributed by atoms with Crippen molar-refractivity contribution in [3.8, 4) is 0 Å². The summed E-state index contributed by atoms with van der Waals surface area (Å²) in [6, 6.07) is 6.14. The van der Waals surface area contributed by atoms with Crippen LogP contribution in [-0.4, -0.2) is 36.8 Å². The number of oxazole rings is 1. The summed E-state index contributed by atoms with van der Waals surface area (Å²) in [5, 5.41) is 3.57. The van der Waals surface area contributed by atoms with E-state index in [1.807, 2.05) is 19.9 Å². The first kappa shape index (κ1) is 16.9. The van der Waals surface area contributed by atoms with Crippen molar-refractivity contribution in [1.82, 2.24) is 10.3 Å². The van der Waals surface area contributed by atoms with Crippen molar-refractivity contribution in [2.45, 2.75) is 32.7 Å². The maximum absolute atomic E-state index is 11.7. The van der Waals surface area contributed by atoms with Crippen molar-refractivity contribution in [1.29, 1.82) is 0 Å². The van der Waals surface area contributed by atoms with Gasteiger partial charge in [-0.2, -0.15) is 4.98 Å². The van der Waals surface area contributed by atoms with Crippen LogP contribution in [0.2, 0.25) is 5.02 Å². The van der Waals surface area contributed by atoms with Gasteiger partial charge >= 0.3 is 6.09 Å². The highest BCUT2D eigenvalue weighted by molar-refractivity contribution is 6.31. The lowest BCUT2D eigenvalue weighted by molar-refractivity contribution is 0.127. The predicted octanol–water partition coefficient (Wildman–Crippen LogP) is 3.83. The maximum Gasteiger partial charge on any atom is 0.407 e. The van der Waals surface area contributed by atoms with E-state index in [1.54, 1.807) is 12.1 Å². The van der Waals surface area contributed by atoms with Gasteiger partial charge in [0.15, 0.2) is 5.58 Å². The fourth-order valence-corrected chi connectivity index (χ4v) is 2.86. The van der Waals surface area contributed by atoms with Gasteiger partial charge in [-0.25, -0.2) is 4.79 Å². The van der Waals surface area contributed by atoms with Gasteiger partial charge in [-0.3, -0.25) is 0 Å². The molecule has 0 aliphatic carbocycles. The molecule has 1 amide bonds. The summed E-state index contributed by atoms with van der Waals surface area (Å²) < 4.78 is 10.9. The fraction of sp³-hybridized carbons (Fsp3) is 0.529. The molecule has 0 bridgehead atoms. The third-order valence-electron chi connectivity index (χ3n) is 3.97. The van der Waals surface area contributed by atoms with Crippen molar-refractivity contribution in [3.05, 3.63) is 23.2 Å². The molecule has 1 fully saturated rings. The van der Waals surface area contributed by atoms with Gasteiger partial charge in [-0.05, 0) is 37.0 Å². The van der Waals surface area contributed by atoms with E-state index in [-0.39, 0.29) is 12.1 Å². The Balaban J connectivity index is 1.53. The topological polar surface area (TPSA) is 67.6 Å². The number of piperidine rings is 1. The van der Waals surface area contributed by atoms with Crippen LogP contribution in [0.3, 0.4) is 0 Å². The molecule has 130 valence electrons. The first-order valence-corrected chi connectivity index (χ1v) is 8.63. The highest BCUT2D eigenvalue weighted by Gasteiger charge is 2.24. The lowest BCUT2D eigenvalue weighted by Gasteiger charge is -2.31. The molecule has 1 aliphatic heterocycles. The monoisotopic (exact) mass is 351 g/mol. The standard InChI is InChI=1S/C17H22ClN3O3/c1-11(2)10-23-17(22)19-13-5-7-21(8-6-13)16-20-14-9-12(18)3-4-15(14)24-16/h3-4,9,11,13H,5-8,10H2,1-2H3,(H,19,22). The molecule has 2 heterocycles. The van der Waals surface area contributed by atoms with E-state index in [2.05, 4.69) is 15.2 Å². The summed E-state index contributed by atoms with van der Waals surface area (Å²) >= 11 is 5.98. The minimum absolute atomic E-state index is 0.125. The number of alkyl carbamates (subject to hydrolysis) is 1. The van der Waals surface area contributed by atoms with Crippen LogP contribution < -0.4 is 10.2 Å². The lowest BCUT2D eigenvalue weighted by Crippen LogP contribution is -2.45. The number of halogens is 1. The number of hydrogen-bond donors (Lipinski definition) is 1. The highest BCUT2D eigenvalue weighted by Crippen LogP contribution is 2.26. The van der Waals surface area contributed by atoms with Gasteiger partial charge in [-0.1, -0.05) is 25.4 Å². The van der Waals surface area contributed by atoms with Gasteiger partial charge in [0.1, 0.15) is 5.52 Å². The van der Waals surface area contributed by atoms with E-state index in [0.29, 0.717) is 23.6 Å². The molecule has 1 aromatic carbocycles. The second-order valence-electron chi connectivity index (χ2n) is 6.51. The number of anilines is 1. The molecular weight excluding hydrogens is 330 g/mol. The number of rotatable bonds is 4. The number of fused-ring (bicyclic) bond motifs is 1. The fourth-order valence-electron chi connectivity index (χ4n) is 2.69. The molecule has 0 saturated carbocycles. The summed E-state index contributed by atoms with van der Waals surface area (Å²) in [5.74, 6) is 0.338. The van der Waals surface area contributed by atoms with Gasteiger partial charge in [0.2, 0.25) is 0 Å². The normalized spacial score (nSPS) is 15.9. The van der Waals surface area contributed by atoms with Gasteiger partial charge in [0.25, 0.3) is 6.01 Å². The summed E-state index contributed by atoms with van der Waals surface area (Å²) in [5.41, 5.74) is 1.49. The van der Waals surface area contributed by atoms with E-state index in [1.165, 1.54) is 0 Å². The van der Waals surface area contributed by atoms with Crippen molar-refractivity contribution >= 4 is 34.8 Å². The van der Waals surface area contributed by atoms with Crippen LogP contribution >= 0.6 is 11.6 Å². The Kier molecular flexibility index (Phi) is 5.14. The van der Waals surface area contributed by atoms with Crippen molar-refractivity contribution < 1.29 is 13.9 Å². The Morgan fingerprint density at radius 3 is 2.92 bits per heavy atom. The average Bonchev–Trinajstić information content (AvgIpc) is 2.96. The van der Waals surface area contributed by atoms with Crippen LogP contribution in [0.1, 0.15) is 26.7 Å². The maximum atomic E-state index is 11.7. The molecule has 3 rings (SSSR count). The smallest absolute Gasteiger partial charge is 0.407 e. The molecule has 0 spiro atoms. The Morgan fingerprint density at radius 1 is 1.46 bits per heavy atom. The highest BCUT2D eigenvalue weighted by atomic mass is 35.5. The quantitative estimate of drug-likeness (QED) is 0.906. The van der Waals surface area contributed by atoms with Crippen LogP contribution in [-0.2, 0) is 4.74 Å². The predicted molar refractivity (Wildman–Crippen MR) is 93.6 cm³/mol. The second kappa shape index (κ2) is 7.30.